The van der Waals surface area contributed by atoms with E-state index < -0.39 is 0 Å². The number of benzene rings is 2. The lowest BCUT2D eigenvalue weighted by molar-refractivity contribution is 0.0946. The van der Waals surface area contributed by atoms with Crippen molar-refractivity contribution in [3.05, 3.63) is 82.1 Å². The van der Waals surface area contributed by atoms with Crippen molar-refractivity contribution >= 4 is 28.3 Å². The van der Waals surface area contributed by atoms with Gasteiger partial charge in [0.25, 0.3) is 5.91 Å². The molecule has 0 aliphatic rings. The largest absolute Gasteiger partial charge is 0.347 e. The number of nitrogens with zero attached hydrogens (tertiary/aromatic N) is 3. The summed E-state index contributed by atoms with van der Waals surface area (Å²) in [5, 5.41) is 9.11. The Morgan fingerprint density at radius 3 is 2.66 bits per heavy atom. The first-order chi connectivity index (χ1) is 14.2. The van der Waals surface area contributed by atoms with E-state index in [2.05, 4.69) is 31.2 Å². The molecule has 0 fully saturated rings. The molecule has 1 amide bonds. The highest BCUT2D eigenvalue weighted by Crippen LogP contribution is 2.14. The van der Waals surface area contributed by atoms with E-state index in [1.807, 2.05) is 61.0 Å². The van der Waals surface area contributed by atoms with Gasteiger partial charge in [0.2, 0.25) is 0 Å². The first kappa shape index (κ1) is 19.3. The van der Waals surface area contributed by atoms with Gasteiger partial charge in [0.1, 0.15) is 11.5 Å². The fraction of sp³-hybridized carbons (Fsp3) is 0.227. The average molecular weight is 406 g/mol. The Hall–Kier alpha value is -3.03. The van der Waals surface area contributed by atoms with Crippen LogP contribution in [0.4, 0.5) is 0 Å². The Morgan fingerprint density at radius 2 is 1.83 bits per heavy atom. The molecule has 0 spiro atoms. The minimum atomic E-state index is -0.135. The van der Waals surface area contributed by atoms with Crippen LogP contribution in [0.5, 0.6) is 0 Å². The molecule has 2 aromatic heterocycles. The summed E-state index contributed by atoms with van der Waals surface area (Å²) in [6.45, 7) is 1.98. The van der Waals surface area contributed by atoms with E-state index in [0.29, 0.717) is 18.8 Å². The van der Waals surface area contributed by atoms with E-state index in [1.54, 1.807) is 0 Å². The number of carbonyl (C=O) groups is 1. The van der Waals surface area contributed by atoms with Crippen LogP contribution in [0.1, 0.15) is 26.9 Å². The average Bonchev–Trinajstić information content (AvgIpc) is 3.35. The number of amides is 1. The summed E-state index contributed by atoms with van der Waals surface area (Å²) >= 11 is 1.52. The van der Waals surface area contributed by atoms with E-state index in [-0.39, 0.29) is 5.91 Å². The summed E-state index contributed by atoms with van der Waals surface area (Å²) in [4.78, 5) is 21.4. The number of carbonyl (C=O) groups excluding carboxylic acids is 1. The molecule has 0 aliphatic carbocycles. The summed E-state index contributed by atoms with van der Waals surface area (Å²) in [6, 6.07) is 18.0. The maximum absolute atomic E-state index is 12.3. The molecule has 0 saturated carbocycles. The second kappa shape index (κ2) is 8.98. The monoisotopic (exact) mass is 405 g/mol. The molecule has 2 heterocycles. The number of rotatable bonds is 8. The molecular formula is C22H23N5OS. The van der Waals surface area contributed by atoms with E-state index in [1.165, 1.54) is 11.3 Å². The Kier molecular flexibility index (Phi) is 5.97. The number of fused-ring (bicyclic) bond motifs is 1. The third kappa shape index (κ3) is 4.70. The van der Waals surface area contributed by atoms with E-state index >= 15 is 0 Å². The maximum atomic E-state index is 12.3. The third-order valence-electron chi connectivity index (χ3n) is 4.76. The molecule has 4 aromatic rings. The number of hydrogen-bond donors (Lipinski definition) is 2. The topological polar surface area (TPSA) is 71.8 Å². The second-order valence-electron chi connectivity index (χ2n) is 6.80. The third-order valence-corrected chi connectivity index (χ3v) is 5.67. The van der Waals surface area contributed by atoms with Crippen molar-refractivity contribution in [2.75, 3.05) is 6.54 Å². The van der Waals surface area contributed by atoms with Crippen LogP contribution < -0.4 is 10.6 Å². The van der Waals surface area contributed by atoms with Gasteiger partial charge in [0, 0.05) is 31.9 Å². The molecule has 6 nitrogen and oxygen atoms in total. The van der Waals surface area contributed by atoms with Gasteiger partial charge >= 0.3 is 0 Å². The molecule has 0 radical (unpaired) electrons. The van der Waals surface area contributed by atoms with Gasteiger partial charge in [-0.1, -0.05) is 42.5 Å². The number of aryl methyl sites for hydroxylation is 1. The molecule has 7 heteroatoms. The van der Waals surface area contributed by atoms with Crippen molar-refractivity contribution in [1.82, 2.24) is 25.2 Å². The van der Waals surface area contributed by atoms with Gasteiger partial charge < -0.3 is 15.2 Å². The number of imidazole rings is 1. The number of aromatic nitrogens is 3. The molecule has 29 heavy (non-hydrogen) atoms. The Labute approximate surface area is 173 Å². The molecule has 2 N–H and O–H groups in total. The van der Waals surface area contributed by atoms with Crippen molar-refractivity contribution in [1.29, 1.82) is 0 Å². The summed E-state index contributed by atoms with van der Waals surface area (Å²) in [5.41, 5.74) is 3.70. The molecule has 2 aromatic carbocycles. The van der Waals surface area contributed by atoms with Crippen molar-refractivity contribution in [3.8, 4) is 0 Å². The number of para-hydroxylation sites is 2. The lowest BCUT2D eigenvalue weighted by Crippen LogP contribution is -2.23. The molecular weight excluding hydrogens is 382 g/mol. The van der Waals surface area contributed by atoms with Crippen LogP contribution in [0.2, 0.25) is 0 Å². The molecule has 0 aliphatic heterocycles. The van der Waals surface area contributed by atoms with Crippen LogP contribution in [-0.4, -0.2) is 27.0 Å². The van der Waals surface area contributed by atoms with Gasteiger partial charge in [0.05, 0.1) is 22.6 Å². The first-order valence-corrected chi connectivity index (χ1v) is 10.5. The fourth-order valence-electron chi connectivity index (χ4n) is 3.15. The lowest BCUT2D eigenvalue weighted by Gasteiger charge is -2.04. The standard InChI is InChI=1S/C22H23N5OS/c1-27-19-10-6-5-9-17(19)25-20(27)14-23-12-11-21-26-18(15-29-21)22(28)24-13-16-7-3-2-4-8-16/h2-10,15,23H,11-14H2,1H3,(H,24,28). The van der Waals surface area contributed by atoms with Crippen molar-refractivity contribution in [2.45, 2.75) is 19.5 Å². The summed E-state index contributed by atoms with van der Waals surface area (Å²) in [6.07, 6.45) is 0.778. The lowest BCUT2D eigenvalue weighted by atomic mass is 10.2. The van der Waals surface area contributed by atoms with Gasteiger partial charge in [0.15, 0.2) is 0 Å². The summed E-state index contributed by atoms with van der Waals surface area (Å²) in [5.74, 6) is 0.871. The normalized spacial score (nSPS) is 11.1. The molecule has 0 unspecified atom stereocenters. The summed E-state index contributed by atoms with van der Waals surface area (Å²) < 4.78 is 2.11. The second-order valence-corrected chi connectivity index (χ2v) is 7.74. The van der Waals surface area contributed by atoms with E-state index in [9.17, 15) is 4.79 Å². The maximum Gasteiger partial charge on any atom is 0.271 e. The fourth-order valence-corrected chi connectivity index (χ4v) is 3.93. The Balaban J connectivity index is 1.25. The number of hydrogen-bond acceptors (Lipinski definition) is 5. The van der Waals surface area contributed by atoms with E-state index in [0.717, 1.165) is 40.4 Å². The molecule has 0 saturated heterocycles. The van der Waals surface area contributed by atoms with Gasteiger partial charge in [-0.05, 0) is 17.7 Å². The highest BCUT2D eigenvalue weighted by atomic mass is 32.1. The van der Waals surface area contributed by atoms with Crippen molar-refractivity contribution in [3.63, 3.8) is 0 Å². The quantitative estimate of drug-likeness (QED) is 0.441. The number of thiazole rings is 1. The van der Waals surface area contributed by atoms with Crippen LogP contribution in [0.25, 0.3) is 11.0 Å². The van der Waals surface area contributed by atoms with Crippen molar-refractivity contribution in [2.24, 2.45) is 7.05 Å². The molecule has 4 rings (SSSR count). The van der Waals surface area contributed by atoms with Crippen LogP contribution in [0, 0.1) is 0 Å². The summed E-state index contributed by atoms with van der Waals surface area (Å²) in [7, 11) is 2.04. The molecule has 148 valence electrons. The molecule has 0 bridgehead atoms. The Morgan fingerprint density at radius 1 is 1.03 bits per heavy atom. The van der Waals surface area contributed by atoms with Crippen molar-refractivity contribution < 1.29 is 4.79 Å². The van der Waals surface area contributed by atoms with Gasteiger partial charge in [-0.25, -0.2) is 9.97 Å². The SMILES string of the molecule is Cn1c(CNCCc2nc(C(=O)NCc3ccccc3)cs2)nc2ccccc21. The Bertz CT molecular complexity index is 1100. The highest BCUT2D eigenvalue weighted by Gasteiger charge is 2.11. The van der Waals surface area contributed by atoms with E-state index in [4.69, 9.17) is 0 Å². The van der Waals surface area contributed by atoms with Gasteiger partial charge in [-0.15, -0.1) is 11.3 Å². The van der Waals surface area contributed by atoms with Crippen LogP contribution in [0.15, 0.2) is 60.0 Å². The van der Waals surface area contributed by atoms with Crippen LogP contribution in [0.3, 0.4) is 0 Å². The predicted molar refractivity (Wildman–Crippen MR) is 116 cm³/mol. The van der Waals surface area contributed by atoms with Gasteiger partial charge in [-0.3, -0.25) is 4.79 Å². The zero-order valence-electron chi connectivity index (χ0n) is 16.3. The number of nitrogens with one attached hydrogen (secondary N) is 2. The van der Waals surface area contributed by atoms with Gasteiger partial charge in [-0.2, -0.15) is 0 Å². The zero-order valence-corrected chi connectivity index (χ0v) is 17.1. The predicted octanol–water partition coefficient (Wildman–Crippen LogP) is 3.29. The minimum Gasteiger partial charge on any atom is -0.347 e. The smallest absolute Gasteiger partial charge is 0.271 e. The zero-order chi connectivity index (χ0) is 20.1. The first-order valence-electron chi connectivity index (χ1n) is 9.58. The highest BCUT2D eigenvalue weighted by molar-refractivity contribution is 7.09. The van der Waals surface area contributed by atoms with Crippen LogP contribution in [-0.2, 0) is 26.6 Å². The minimum absolute atomic E-state index is 0.135. The molecule has 0 atom stereocenters. The van der Waals surface area contributed by atoms with Crippen LogP contribution >= 0.6 is 11.3 Å².